The van der Waals surface area contributed by atoms with E-state index in [2.05, 4.69) is 10.1 Å². The number of methoxy groups -OCH3 is 2. The Hall–Kier alpha value is -2.12. The molecule has 0 bridgehead atoms. The average Bonchev–Trinajstić information content (AvgIpc) is 2.95. The molecule has 7 nitrogen and oxygen atoms in total. The van der Waals surface area contributed by atoms with Gasteiger partial charge in [-0.05, 0) is 12.1 Å². The molecule has 0 amide bonds. The van der Waals surface area contributed by atoms with E-state index in [-0.39, 0.29) is 18.3 Å². The van der Waals surface area contributed by atoms with Gasteiger partial charge < -0.3 is 24.8 Å². The summed E-state index contributed by atoms with van der Waals surface area (Å²) in [5, 5.41) is 12.7. The van der Waals surface area contributed by atoms with Crippen molar-refractivity contribution >= 4 is 0 Å². The first kappa shape index (κ1) is 13.3. The lowest BCUT2D eigenvalue weighted by Gasteiger charge is -2.09. The van der Waals surface area contributed by atoms with Gasteiger partial charge in [0.15, 0.2) is 17.3 Å². The summed E-state index contributed by atoms with van der Waals surface area (Å²) in [5.41, 5.74) is 6.22. The van der Waals surface area contributed by atoms with Gasteiger partial charge >= 0.3 is 0 Å². The molecule has 7 heteroatoms. The number of aliphatic hydroxyl groups is 1. The Morgan fingerprint density at radius 1 is 1.37 bits per heavy atom. The Morgan fingerprint density at radius 2 is 2.16 bits per heavy atom. The van der Waals surface area contributed by atoms with Crippen LogP contribution in [0.4, 0.5) is 0 Å². The van der Waals surface area contributed by atoms with Crippen molar-refractivity contribution < 1.29 is 19.1 Å². The van der Waals surface area contributed by atoms with Crippen molar-refractivity contribution in [1.82, 2.24) is 10.1 Å². The molecule has 0 fully saturated rings. The summed E-state index contributed by atoms with van der Waals surface area (Å²) >= 11 is 0. The molecule has 0 aliphatic carbocycles. The molecule has 0 radical (unpaired) electrons. The van der Waals surface area contributed by atoms with E-state index in [0.29, 0.717) is 17.1 Å². The fourth-order valence-electron chi connectivity index (χ4n) is 1.63. The molecule has 102 valence electrons. The first-order valence-electron chi connectivity index (χ1n) is 5.62. The van der Waals surface area contributed by atoms with E-state index >= 15 is 0 Å². The molecule has 0 aliphatic heterocycles. The van der Waals surface area contributed by atoms with Crippen molar-refractivity contribution in [2.45, 2.75) is 6.04 Å². The van der Waals surface area contributed by atoms with E-state index in [4.69, 9.17) is 24.8 Å². The fourth-order valence-corrected chi connectivity index (χ4v) is 1.63. The van der Waals surface area contributed by atoms with Gasteiger partial charge in [-0.15, -0.1) is 0 Å². The molecule has 1 aromatic heterocycles. The number of nitrogens with two attached hydrogens (primary N) is 1. The third-order valence-corrected chi connectivity index (χ3v) is 2.60. The van der Waals surface area contributed by atoms with Crippen molar-refractivity contribution in [3.63, 3.8) is 0 Å². The maximum absolute atomic E-state index is 8.96. The summed E-state index contributed by atoms with van der Waals surface area (Å²) in [6.45, 7) is -0.256. The van der Waals surface area contributed by atoms with Crippen LogP contribution in [-0.4, -0.2) is 36.1 Å². The predicted molar refractivity (Wildman–Crippen MR) is 66.9 cm³/mol. The van der Waals surface area contributed by atoms with Crippen molar-refractivity contribution in [2.75, 3.05) is 20.8 Å². The first-order chi connectivity index (χ1) is 9.21. The van der Waals surface area contributed by atoms with Crippen LogP contribution in [0.5, 0.6) is 11.5 Å². The molecule has 0 aliphatic rings. The Bertz CT molecular complexity index is 556. The standard InChI is InChI=1S/C12H15N3O4/c1-17-9-5-3-4-7(10(9)18-2)12-14-11(15-19-12)8(13)6-16/h3-5,8,16H,6,13H2,1-2H3. The summed E-state index contributed by atoms with van der Waals surface area (Å²) in [6, 6.07) is 4.64. The van der Waals surface area contributed by atoms with Crippen LogP contribution in [0.3, 0.4) is 0 Å². The van der Waals surface area contributed by atoms with Crippen LogP contribution in [0.2, 0.25) is 0 Å². The average molecular weight is 265 g/mol. The highest BCUT2D eigenvalue weighted by Gasteiger charge is 2.19. The van der Waals surface area contributed by atoms with Crippen LogP contribution in [-0.2, 0) is 0 Å². The quantitative estimate of drug-likeness (QED) is 0.821. The minimum absolute atomic E-state index is 0.238. The second kappa shape index (κ2) is 5.68. The lowest BCUT2D eigenvalue weighted by Crippen LogP contribution is -2.15. The van der Waals surface area contributed by atoms with Crippen LogP contribution < -0.4 is 15.2 Å². The maximum Gasteiger partial charge on any atom is 0.261 e. The maximum atomic E-state index is 8.96. The molecule has 3 N–H and O–H groups in total. The predicted octanol–water partition coefficient (Wildman–Crippen LogP) is 0.746. The van der Waals surface area contributed by atoms with Gasteiger partial charge in [-0.3, -0.25) is 0 Å². The second-order valence-electron chi connectivity index (χ2n) is 3.79. The highest BCUT2D eigenvalue weighted by Crippen LogP contribution is 2.37. The monoisotopic (exact) mass is 265 g/mol. The molecular formula is C12H15N3O4. The Morgan fingerprint density at radius 3 is 2.79 bits per heavy atom. The number of rotatable bonds is 5. The molecule has 1 heterocycles. The molecule has 0 saturated heterocycles. The number of aliphatic hydroxyl groups excluding tert-OH is 1. The van der Waals surface area contributed by atoms with Gasteiger partial charge in [0.2, 0.25) is 0 Å². The van der Waals surface area contributed by atoms with Crippen LogP contribution in [0, 0.1) is 0 Å². The summed E-state index contributed by atoms with van der Waals surface area (Å²) in [7, 11) is 3.07. The topological polar surface area (TPSA) is 104 Å². The minimum atomic E-state index is -0.672. The Balaban J connectivity index is 2.44. The van der Waals surface area contributed by atoms with E-state index in [1.54, 1.807) is 25.3 Å². The van der Waals surface area contributed by atoms with E-state index in [9.17, 15) is 0 Å². The fraction of sp³-hybridized carbons (Fsp3) is 0.333. The minimum Gasteiger partial charge on any atom is -0.493 e. The van der Waals surface area contributed by atoms with Gasteiger partial charge in [0.1, 0.15) is 0 Å². The van der Waals surface area contributed by atoms with Crippen LogP contribution in [0.15, 0.2) is 22.7 Å². The van der Waals surface area contributed by atoms with Crippen molar-refractivity contribution in [1.29, 1.82) is 0 Å². The summed E-state index contributed by atoms with van der Waals surface area (Å²) in [4.78, 5) is 4.14. The van der Waals surface area contributed by atoms with Gasteiger partial charge in [0.25, 0.3) is 5.89 Å². The van der Waals surface area contributed by atoms with Gasteiger partial charge in [-0.25, -0.2) is 0 Å². The normalized spacial score (nSPS) is 12.2. The van der Waals surface area contributed by atoms with Crippen LogP contribution in [0.1, 0.15) is 11.9 Å². The number of para-hydroxylation sites is 1. The SMILES string of the molecule is COc1cccc(-c2nc(C(N)CO)no2)c1OC. The number of nitrogens with zero attached hydrogens (tertiary/aromatic N) is 2. The van der Waals surface area contributed by atoms with Gasteiger partial charge in [0, 0.05) is 0 Å². The molecule has 0 saturated carbocycles. The summed E-state index contributed by atoms with van der Waals surface area (Å²) in [6.07, 6.45) is 0. The Labute approximate surface area is 109 Å². The van der Waals surface area contributed by atoms with E-state index in [0.717, 1.165) is 0 Å². The second-order valence-corrected chi connectivity index (χ2v) is 3.79. The number of hydrogen-bond donors (Lipinski definition) is 2. The van der Waals surface area contributed by atoms with Crippen LogP contribution in [0.25, 0.3) is 11.5 Å². The largest absolute Gasteiger partial charge is 0.493 e. The molecule has 1 atom stereocenters. The van der Waals surface area contributed by atoms with E-state index in [1.165, 1.54) is 7.11 Å². The highest BCUT2D eigenvalue weighted by molar-refractivity contribution is 5.67. The van der Waals surface area contributed by atoms with Gasteiger partial charge in [0.05, 0.1) is 32.4 Å². The molecule has 2 rings (SSSR count). The van der Waals surface area contributed by atoms with Crippen molar-refractivity contribution in [3.05, 3.63) is 24.0 Å². The zero-order valence-corrected chi connectivity index (χ0v) is 10.7. The molecular weight excluding hydrogens is 250 g/mol. The Kier molecular flexibility index (Phi) is 3.98. The molecule has 1 unspecified atom stereocenters. The molecule has 19 heavy (non-hydrogen) atoms. The van der Waals surface area contributed by atoms with E-state index in [1.807, 2.05) is 0 Å². The number of benzene rings is 1. The molecule has 2 aromatic rings. The highest BCUT2D eigenvalue weighted by atomic mass is 16.5. The van der Waals surface area contributed by atoms with Gasteiger partial charge in [-0.2, -0.15) is 4.98 Å². The number of aromatic nitrogens is 2. The third-order valence-electron chi connectivity index (χ3n) is 2.60. The smallest absolute Gasteiger partial charge is 0.261 e. The summed E-state index contributed by atoms with van der Waals surface area (Å²) in [5.74, 6) is 1.56. The van der Waals surface area contributed by atoms with Gasteiger partial charge in [-0.1, -0.05) is 11.2 Å². The van der Waals surface area contributed by atoms with Crippen LogP contribution >= 0.6 is 0 Å². The number of ether oxygens (including phenoxy) is 2. The lowest BCUT2D eigenvalue weighted by molar-refractivity contribution is 0.260. The first-order valence-corrected chi connectivity index (χ1v) is 5.62. The molecule has 1 aromatic carbocycles. The van der Waals surface area contributed by atoms with E-state index < -0.39 is 6.04 Å². The van der Waals surface area contributed by atoms with Crippen molar-refractivity contribution in [2.24, 2.45) is 5.73 Å². The number of hydrogen-bond acceptors (Lipinski definition) is 7. The van der Waals surface area contributed by atoms with Crippen molar-refractivity contribution in [3.8, 4) is 23.0 Å². The molecule has 0 spiro atoms. The lowest BCUT2D eigenvalue weighted by atomic mass is 10.2. The summed E-state index contributed by atoms with van der Waals surface area (Å²) < 4.78 is 15.6. The zero-order valence-electron chi connectivity index (χ0n) is 10.7. The third kappa shape index (κ3) is 2.51. The zero-order chi connectivity index (χ0) is 13.8.